The van der Waals surface area contributed by atoms with Crippen LogP contribution in [0.25, 0.3) is 16.2 Å². The third kappa shape index (κ3) is 1.72. The summed E-state index contributed by atoms with van der Waals surface area (Å²) in [6.45, 7) is 1.90. The highest BCUT2D eigenvalue weighted by Gasteiger charge is 2.16. The molecule has 1 aromatic carbocycles. The number of hydrogen-bond donors (Lipinski definition) is 0. The molecule has 0 bridgehead atoms. The zero-order chi connectivity index (χ0) is 12.7. The van der Waals surface area contributed by atoms with Crippen LogP contribution in [0.5, 0.6) is 0 Å². The Morgan fingerprint density at radius 2 is 2.06 bits per heavy atom. The third-order valence-electron chi connectivity index (χ3n) is 2.53. The van der Waals surface area contributed by atoms with Gasteiger partial charge in [0, 0.05) is 10.0 Å². The lowest BCUT2D eigenvalue weighted by Crippen LogP contribution is -1.90. The number of rotatable bonds is 1. The molecule has 0 spiro atoms. The largest absolute Gasteiger partial charge is 0.216 e. The third-order valence-corrected chi connectivity index (χ3v) is 3.88. The number of nitrogens with zero attached hydrogens (tertiary/aromatic N) is 4. The van der Waals surface area contributed by atoms with E-state index in [4.69, 9.17) is 0 Å². The van der Waals surface area contributed by atoms with E-state index in [1.807, 2.05) is 31.2 Å². The second-order valence-electron chi connectivity index (χ2n) is 3.74. The Hall–Kier alpha value is -1.71. The molecule has 0 aliphatic heterocycles. The molecule has 0 aliphatic rings. The number of nitriles is 1. The van der Waals surface area contributed by atoms with Crippen molar-refractivity contribution in [1.82, 2.24) is 14.6 Å². The summed E-state index contributed by atoms with van der Waals surface area (Å²) < 4.78 is 2.61. The molecule has 0 saturated heterocycles. The molecule has 2 aromatic heterocycles. The molecule has 0 fully saturated rings. The molecule has 0 aliphatic carbocycles. The number of fused-ring (bicyclic) bond motifs is 1. The van der Waals surface area contributed by atoms with Crippen LogP contribution in [0.4, 0.5) is 0 Å². The fourth-order valence-electron chi connectivity index (χ4n) is 1.75. The molecule has 6 heteroatoms. The predicted molar refractivity (Wildman–Crippen MR) is 73.5 cm³/mol. The average Bonchev–Trinajstić information content (AvgIpc) is 2.85. The monoisotopic (exact) mass is 318 g/mol. The molecular formula is C12H7BrN4S. The standard InChI is InChI=1S/C12H7BrN4S/c1-7-16-17-10(6-14)11(15-12(17)18-7)8-2-4-9(13)5-3-8/h2-5H,1H3. The first-order valence-corrected chi connectivity index (χ1v) is 6.82. The molecule has 0 atom stereocenters. The van der Waals surface area contributed by atoms with Crippen LogP contribution in [0.2, 0.25) is 0 Å². The van der Waals surface area contributed by atoms with Gasteiger partial charge in [-0.15, -0.1) is 0 Å². The summed E-state index contributed by atoms with van der Waals surface area (Å²) in [4.78, 5) is 5.24. The van der Waals surface area contributed by atoms with Gasteiger partial charge in [0.2, 0.25) is 4.96 Å². The highest BCUT2D eigenvalue weighted by Crippen LogP contribution is 2.27. The molecule has 0 N–H and O–H groups in total. The van der Waals surface area contributed by atoms with E-state index < -0.39 is 0 Å². The van der Waals surface area contributed by atoms with Gasteiger partial charge in [0.15, 0.2) is 5.69 Å². The minimum absolute atomic E-state index is 0.483. The minimum atomic E-state index is 0.483. The molecule has 0 unspecified atom stereocenters. The van der Waals surface area contributed by atoms with Crippen LogP contribution in [0.1, 0.15) is 10.7 Å². The summed E-state index contributed by atoms with van der Waals surface area (Å²) in [5.41, 5.74) is 2.09. The first-order chi connectivity index (χ1) is 8.69. The lowest BCUT2D eigenvalue weighted by Gasteiger charge is -1.97. The maximum atomic E-state index is 9.28. The molecule has 2 heterocycles. The van der Waals surface area contributed by atoms with Crippen molar-refractivity contribution in [3.05, 3.63) is 39.4 Å². The Balaban J connectivity index is 2.26. The van der Waals surface area contributed by atoms with Gasteiger partial charge in [-0.05, 0) is 19.1 Å². The molecule has 3 rings (SSSR count). The second-order valence-corrected chi connectivity index (χ2v) is 5.82. The van der Waals surface area contributed by atoms with Gasteiger partial charge in [0.1, 0.15) is 16.8 Å². The number of halogens is 1. The Morgan fingerprint density at radius 1 is 1.33 bits per heavy atom. The van der Waals surface area contributed by atoms with Gasteiger partial charge in [-0.2, -0.15) is 14.9 Å². The van der Waals surface area contributed by atoms with Crippen molar-refractivity contribution in [3.63, 3.8) is 0 Å². The van der Waals surface area contributed by atoms with E-state index in [0.717, 1.165) is 20.0 Å². The zero-order valence-electron chi connectivity index (χ0n) is 9.38. The van der Waals surface area contributed by atoms with Gasteiger partial charge < -0.3 is 0 Å². The SMILES string of the molecule is Cc1nn2c(C#N)c(-c3ccc(Br)cc3)nc2s1. The average molecular weight is 319 g/mol. The van der Waals surface area contributed by atoms with Crippen molar-refractivity contribution in [3.8, 4) is 17.3 Å². The molecule has 4 nitrogen and oxygen atoms in total. The predicted octanol–water partition coefficient (Wildman–Crippen LogP) is 3.40. The van der Waals surface area contributed by atoms with Crippen LogP contribution in [-0.2, 0) is 0 Å². The van der Waals surface area contributed by atoms with Crippen molar-refractivity contribution >= 4 is 32.2 Å². The van der Waals surface area contributed by atoms with Crippen molar-refractivity contribution in [2.24, 2.45) is 0 Å². The van der Waals surface area contributed by atoms with Crippen LogP contribution in [0, 0.1) is 18.3 Å². The lowest BCUT2D eigenvalue weighted by molar-refractivity contribution is 0.931. The molecule has 3 aromatic rings. The van der Waals surface area contributed by atoms with E-state index >= 15 is 0 Å². The summed E-state index contributed by atoms with van der Waals surface area (Å²) in [7, 11) is 0. The van der Waals surface area contributed by atoms with Gasteiger partial charge in [-0.25, -0.2) is 4.98 Å². The van der Waals surface area contributed by atoms with Crippen LogP contribution in [0.15, 0.2) is 28.7 Å². The van der Waals surface area contributed by atoms with E-state index in [2.05, 4.69) is 32.1 Å². The number of aromatic nitrogens is 3. The van der Waals surface area contributed by atoms with Crippen molar-refractivity contribution in [1.29, 1.82) is 5.26 Å². The molecule has 18 heavy (non-hydrogen) atoms. The van der Waals surface area contributed by atoms with Crippen molar-refractivity contribution in [2.45, 2.75) is 6.92 Å². The van der Waals surface area contributed by atoms with Crippen LogP contribution in [0.3, 0.4) is 0 Å². The van der Waals surface area contributed by atoms with Gasteiger partial charge in [-0.3, -0.25) is 0 Å². The first-order valence-electron chi connectivity index (χ1n) is 5.21. The van der Waals surface area contributed by atoms with Gasteiger partial charge in [0.25, 0.3) is 0 Å². The summed E-state index contributed by atoms with van der Waals surface area (Å²) in [6.07, 6.45) is 0. The molecule has 0 radical (unpaired) electrons. The first kappa shape index (κ1) is 11.4. The summed E-state index contributed by atoms with van der Waals surface area (Å²) in [5, 5.41) is 14.5. The van der Waals surface area contributed by atoms with Crippen molar-refractivity contribution < 1.29 is 0 Å². The highest BCUT2D eigenvalue weighted by molar-refractivity contribution is 9.10. The van der Waals surface area contributed by atoms with E-state index in [1.165, 1.54) is 11.3 Å². The quantitative estimate of drug-likeness (QED) is 0.691. The fourth-order valence-corrected chi connectivity index (χ4v) is 2.76. The summed E-state index contributed by atoms with van der Waals surface area (Å²) in [5.74, 6) is 0. The normalized spacial score (nSPS) is 10.7. The molecular weight excluding hydrogens is 312 g/mol. The van der Waals surface area contributed by atoms with Crippen LogP contribution < -0.4 is 0 Å². The maximum absolute atomic E-state index is 9.28. The minimum Gasteiger partial charge on any atom is -0.216 e. The highest BCUT2D eigenvalue weighted by atomic mass is 79.9. The van der Waals surface area contributed by atoms with E-state index in [9.17, 15) is 5.26 Å². The number of hydrogen-bond acceptors (Lipinski definition) is 4. The maximum Gasteiger partial charge on any atom is 0.213 e. The Bertz CT molecular complexity index is 764. The second kappa shape index (κ2) is 4.19. The summed E-state index contributed by atoms with van der Waals surface area (Å²) in [6, 6.07) is 9.91. The molecule has 88 valence electrons. The van der Waals surface area contributed by atoms with Gasteiger partial charge in [-0.1, -0.05) is 39.4 Å². The Kier molecular flexibility index (Phi) is 2.65. The Labute approximate surface area is 116 Å². The van der Waals surface area contributed by atoms with E-state index in [-0.39, 0.29) is 0 Å². The number of aryl methyl sites for hydroxylation is 1. The van der Waals surface area contributed by atoms with Crippen LogP contribution >= 0.6 is 27.3 Å². The Morgan fingerprint density at radius 3 is 2.72 bits per heavy atom. The van der Waals surface area contributed by atoms with E-state index in [0.29, 0.717) is 11.4 Å². The number of imidazole rings is 1. The molecule has 0 saturated carbocycles. The van der Waals surface area contributed by atoms with Gasteiger partial charge >= 0.3 is 0 Å². The number of benzene rings is 1. The topological polar surface area (TPSA) is 54.0 Å². The smallest absolute Gasteiger partial charge is 0.213 e. The van der Waals surface area contributed by atoms with Crippen molar-refractivity contribution in [2.75, 3.05) is 0 Å². The fraction of sp³-hybridized carbons (Fsp3) is 0.0833. The lowest BCUT2D eigenvalue weighted by atomic mass is 10.1. The van der Waals surface area contributed by atoms with E-state index in [1.54, 1.807) is 4.52 Å². The molecule has 0 amide bonds. The van der Waals surface area contributed by atoms with Gasteiger partial charge in [0.05, 0.1) is 0 Å². The zero-order valence-corrected chi connectivity index (χ0v) is 11.8. The summed E-state index contributed by atoms with van der Waals surface area (Å²) >= 11 is 4.87. The van der Waals surface area contributed by atoms with Crippen LogP contribution in [-0.4, -0.2) is 14.6 Å².